The smallest absolute Gasteiger partial charge is 0.311 e. The lowest BCUT2D eigenvalue weighted by atomic mass is 9.78. The molecule has 7 nitrogen and oxygen atoms in total. The number of aliphatic hydroxyl groups is 1. The lowest BCUT2D eigenvalue weighted by molar-refractivity contribution is -0.153. The number of allylic oxidation sites excluding steroid dienone is 1. The zero-order valence-corrected chi connectivity index (χ0v) is 20.3. The summed E-state index contributed by atoms with van der Waals surface area (Å²) in [5.41, 5.74) is 0. The topological polar surface area (TPSA) is 87.2 Å². The molecule has 4 aliphatic rings. The van der Waals surface area contributed by atoms with Crippen LogP contribution in [0.5, 0.6) is 0 Å². The van der Waals surface area contributed by atoms with Crippen LogP contribution in [0.4, 0.5) is 0 Å². The molecule has 0 saturated carbocycles. The Labute approximate surface area is 200 Å². The van der Waals surface area contributed by atoms with Crippen molar-refractivity contribution in [1.29, 1.82) is 0 Å². The first-order valence-corrected chi connectivity index (χ1v) is 13.3. The molecule has 8 heteroatoms. The predicted molar refractivity (Wildman–Crippen MR) is 127 cm³/mol. The van der Waals surface area contributed by atoms with E-state index in [9.17, 15) is 14.4 Å². The summed E-state index contributed by atoms with van der Waals surface area (Å²) < 4.78 is 4.82. The maximum absolute atomic E-state index is 13.9. The molecule has 4 heterocycles. The molecule has 0 aliphatic carbocycles. The number of ether oxygens (including phenoxy) is 1. The highest BCUT2D eigenvalue weighted by molar-refractivity contribution is 8.02. The Balaban J connectivity index is 1.72. The van der Waals surface area contributed by atoms with Crippen LogP contribution in [0.2, 0.25) is 0 Å². The summed E-state index contributed by atoms with van der Waals surface area (Å²) in [6, 6.07) is -0.610. The Bertz CT molecular complexity index is 815. The first-order chi connectivity index (χ1) is 16.0. The number of carbonyl (C=O) groups is 3. The van der Waals surface area contributed by atoms with Crippen molar-refractivity contribution in [2.45, 2.75) is 67.9 Å². The zero-order valence-electron chi connectivity index (χ0n) is 19.5. The predicted octanol–water partition coefficient (Wildman–Crippen LogP) is 2.54. The minimum atomic E-state index is -0.760. The third kappa shape index (κ3) is 4.48. The summed E-state index contributed by atoms with van der Waals surface area (Å²) in [4.78, 5) is 44.6. The van der Waals surface area contributed by atoms with Crippen molar-refractivity contribution in [3.63, 3.8) is 0 Å². The van der Waals surface area contributed by atoms with E-state index in [0.29, 0.717) is 32.7 Å². The molecule has 0 radical (unpaired) electrons. The highest BCUT2D eigenvalue weighted by Gasteiger charge is 2.70. The number of rotatable bonds is 8. The number of unbranched alkanes of at least 4 members (excludes halogenated alkanes) is 3. The van der Waals surface area contributed by atoms with Gasteiger partial charge in [0.15, 0.2) is 0 Å². The van der Waals surface area contributed by atoms with E-state index in [2.05, 4.69) is 25.2 Å². The van der Waals surface area contributed by atoms with Gasteiger partial charge in [0.1, 0.15) is 6.04 Å². The Morgan fingerprint density at radius 2 is 1.97 bits per heavy atom. The molecule has 5 atom stereocenters. The maximum Gasteiger partial charge on any atom is 0.311 e. The van der Waals surface area contributed by atoms with Crippen LogP contribution in [-0.4, -0.2) is 81.6 Å². The normalized spacial score (nSPS) is 34.7. The Morgan fingerprint density at radius 1 is 1.12 bits per heavy atom. The van der Waals surface area contributed by atoms with Gasteiger partial charge in [-0.1, -0.05) is 37.6 Å². The number of fused-ring (bicyclic) bond motifs is 2. The molecule has 4 rings (SSSR count). The standard InChI is InChI=1S/C25H36N2O5S/c1-2-3-13-26-14-10-12-25-20(19-18(33-25)11-6-4-9-17-32-24(19)31)22(29)27(21(25)23(26)30)15-7-5-8-16-28/h6,10-12,18-21,28H,2-5,7-9,13-17H2,1H3/b11-6-/t18-,19+,20-,21?,25-/m0/s1. The first kappa shape index (κ1) is 24.3. The summed E-state index contributed by atoms with van der Waals surface area (Å²) >= 11 is 1.60. The second-order valence-electron chi connectivity index (χ2n) is 9.44. The number of likely N-dealkylation sites (tertiary alicyclic amines) is 1. The molecular formula is C25H36N2O5S. The minimum Gasteiger partial charge on any atom is -0.465 e. The fraction of sp³-hybridized carbons (Fsp3) is 0.720. The molecular weight excluding hydrogens is 440 g/mol. The van der Waals surface area contributed by atoms with Gasteiger partial charge in [-0.3, -0.25) is 14.4 Å². The molecule has 0 aromatic rings. The monoisotopic (exact) mass is 476 g/mol. The fourth-order valence-corrected chi connectivity index (χ4v) is 7.66. The zero-order chi connectivity index (χ0) is 23.4. The number of amides is 2. The van der Waals surface area contributed by atoms with Crippen LogP contribution in [0, 0.1) is 11.8 Å². The molecule has 182 valence electrons. The maximum atomic E-state index is 13.9. The van der Waals surface area contributed by atoms with Gasteiger partial charge in [-0.05, 0) is 38.5 Å². The summed E-state index contributed by atoms with van der Waals surface area (Å²) in [5, 5.41) is 8.97. The average molecular weight is 477 g/mol. The molecule has 2 fully saturated rings. The summed E-state index contributed by atoms with van der Waals surface area (Å²) in [5.74, 6) is -1.62. The second kappa shape index (κ2) is 10.6. The van der Waals surface area contributed by atoms with Crippen molar-refractivity contribution in [2.24, 2.45) is 11.8 Å². The molecule has 1 spiro atoms. The number of hydrogen-bond acceptors (Lipinski definition) is 6. The van der Waals surface area contributed by atoms with Crippen molar-refractivity contribution in [2.75, 3.05) is 32.8 Å². The Kier molecular flexibility index (Phi) is 7.84. The number of hydrogen-bond donors (Lipinski definition) is 1. The SMILES string of the molecule is CCCCN1CC=C[C@]23S[C@H]4/C=C\CCCOC(=O)[C@H]4[C@H]2C(=O)N(CCCCCO)C3C1=O. The van der Waals surface area contributed by atoms with Crippen LogP contribution in [-0.2, 0) is 19.1 Å². The molecule has 4 aliphatic heterocycles. The fourth-order valence-electron chi connectivity index (χ4n) is 5.66. The largest absolute Gasteiger partial charge is 0.465 e. The Hall–Kier alpha value is -1.80. The van der Waals surface area contributed by atoms with Crippen molar-refractivity contribution < 1.29 is 24.2 Å². The quantitative estimate of drug-likeness (QED) is 0.329. The molecule has 0 aromatic carbocycles. The van der Waals surface area contributed by atoms with Gasteiger partial charge in [0.2, 0.25) is 11.8 Å². The summed E-state index contributed by atoms with van der Waals surface area (Å²) in [6.45, 7) is 4.25. The van der Waals surface area contributed by atoms with E-state index in [1.54, 1.807) is 16.7 Å². The van der Waals surface area contributed by atoms with Crippen LogP contribution >= 0.6 is 11.8 Å². The van der Waals surface area contributed by atoms with Gasteiger partial charge in [-0.15, -0.1) is 11.8 Å². The van der Waals surface area contributed by atoms with Crippen molar-refractivity contribution in [3.05, 3.63) is 24.3 Å². The van der Waals surface area contributed by atoms with E-state index >= 15 is 0 Å². The number of nitrogens with zero attached hydrogens (tertiary/aromatic N) is 2. The lowest BCUT2D eigenvalue weighted by Crippen LogP contribution is -2.53. The minimum absolute atomic E-state index is 0.0113. The summed E-state index contributed by atoms with van der Waals surface area (Å²) in [7, 11) is 0. The number of esters is 1. The highest BCUT2D eigenvalue weighted by Crippen LogP contribution is 2.60. The van der Waals surface area contributed by atoms with Crippen molar-refractivity contribution in [1.82, 2.24) is 9.80 Å². The number of carbonyl (C=O) groups excluding carboxylic acids is 3. The van der Waals surface area contributed by atoms with E-state index in [1.165, 1.54) is 0 Å². The van der Waals surface area contributed by atoms with Gasteiger partial charge in [0.05, 0.1) is 23.2 Å². The summed E-state index contributed by atoms with van der Waals surface area (Å²) in [6.07, 6.45) is 13.9. The van der Waals surface area contributed by atoms with E-state index in [4.69, 9.17) is 9.84 Å². The number of cyclic esters (lactones) is 1. The number of thioether (sulfide) groups is 1. The molecule has 0 bridgehead atoms. The Morgan fingerprint density at radius 3 is 2.76 bits per heavy atom. The molecule has 1 unspecified atom stereocenters. The third-order valence-corrected chi connectivity index (χ3v) is 9.02. The third-order valence-electron chi connectivity index (χ3n) is 7.27. The van der Waals surface area contributed by atoms with Gasteiger partial charge in [0.25, 0.3) is 0 Å². The molecule has 33 heavy (non-hydrogen) atoms. The van der Waals surface area contributed by atoms with Gasteiger partial charge >= 0.3 is 5.97 Å². The van der Waals surface area contributed by atoms with Crippen molar-refractivity contribution in [3.8, 4) is 0 Å². The van der Waals surface area contributed by atoms with Crippen LogP contribution in [0.25, 0.3) is 0 Å². The number of aliphatic hydroxyl groups excluding tert-OH is 1. The molecule has 1 N–H and O–H groups in total. The van der Waals surface area contributed by atoms with Gasteiger partial charge < -0.3 is 19.6 Å². The van der Waals surface area contributed by atoms with Crippen LogP contribution in [0.1, 0.15) is 51.9 Å². The van der Waals surface area contributed by atoms with Crippen LogP contribution in [0.3, 0.4) is 0 Å². The van der Waals surface area contributed by atoms with Crippen LogP contribution in [0.15, 0.2) is 24.3 Å². The van der Waals surface area contributed by atoms with Crippen LogP contribution < -0.4 is 0 Å². The highest BCUT2D eigenvalue weighted by atomic mass is 32.2. The van der Waals surface area contributed by atoms with Crippen molar-refractivity contribution >= 4 is 29.5 Å². The first-order valence-electron chi connectivity index (χ1n) is 12.4. The molecule has 0 aromatic heterocycles. The van der Waals surface area contributed by atoms with E-state index < -0.39 is 22.6 Å². The average Bonchev–Trinajstić information content (AvgIpc) is 3.21. The van der Waals surface area contributed by atoms with E-state index in [-0.39, 0.29) is 29.6 Å². The van der Waals surface area contributed by atoms with Gasteiger partial charge in [-0.2, -0.15) is 0 Å². The second-order valence-corrected chi connectivity index (χ2v) is 10.9. The van der Waals surface area contributed by atoms with E-state index in [1.807, 2.05) is 11.0 Å². The molecule has 2 amide bonds. The van der Waals surface area contributed by atoms with Gasteiger partial charge in [0, 0.05) is 31.5 Å². The lowest BCUT2D eigenvalue weighted by Gasteiger charge is -2.35. The van der Waals surface area contributed by atoms with E-state index in [0.717, 1.165) is 38.5 Å². The van der Waals surface area contributed by atoms with Gasteiger partial charge in [-0.25, -0.2) is 0 Å². The molecule has 2 saturated heterocycles.